The average molecular weight is 266 g/mol. The van der Waals surface area contributed by atoms with Gasteiger partial charge in [0, 0.05) is 5.92 Å². The molecule has 0 aromatic rings. The first kappa shape index (κ1) is 12.6. The van der Waals surface area contributed by atoms with Crippen LogP contribution < -0.4 is 0 Å². The Balaban J connectivity index is 1.40. The number of hydrogen-bond acceptors (Lipinski definition) is 3. The Kier molecular flexibility index (Phi) is 2.36. The van der Waals surface area contributed by atoms with Crippen molar-refractivity contribution in [1.29, 1.82) is 0 Å². The summed E-state index contributed by atoms with van der Waals surface area (Å²) in [6.07, 6.45) is 5.78. The lowest BCUT2D eigenvalue weighted by Gasteiger charge is -2.53. The number of epoxide rings is 2. The molecule has 0 aromatic heterocycles. The number of ether oxygens (including phenoxy) is 3. The standard InChI is InChI=1S/C16H26O3/c1-14(2)12(18-14)8-11-9-17-16(11,4)10-5-6-15(3)13(7-10)19-15/h10-13H,5-9H2,1-4H3. The van der Waals surface area contributed by atoms with Crippen LogP contribution in [-0.2, 0) is 14.2 Å². The zero-order chi connectivity index (χ0) is 13.5. The Morgan fingerprint density at radius 3 is 2.37 bits per heavy atom. The normalized spacial score (nSPS) is 58.1. The largest absolute Gasteiger partial charge is 0.374 e. The average Bonchev–Trinajstić information content (AvgIpc) is 3.17. The number of fused-ring (bicyclic) bond motifs is 1. The van der Waals surface area contributed by atoms with Crippen molar-refractivity contribution in [1.82, 2.24) is 0 Å². The van der Waals surface area contributed by atoms with Gasteiger partial charge in [-0.2, -0.15) is 0 Å². The lowest BCUT2D eigenvalue weighted by Crippen LogP contribution is -2.57. The van der Waals surface area contributed by atoms with Gasteiger partial charge in [-0.3, -0.25) is 0 Å². The van der Waals surface area contributed by atoms with Gasteiger partial charge in [0.15, 0.2) is 0 Å². The van der Waals surface area contributed by atoms with Gasteiger partial charge in [-0.1, -0.05) is 0 Å². The van der Waals surface area contributed by atoms with Gasteiger partial charge < -0.3 is 14.2 Å². The van der Waals surface area contributed by atoms with E-state index < -0.39 is 0 Å². The Hall–Kier alpha value is -0.120. The maximum Gasteiger partial charge on any atom is 0.0920 e. The summed E-state index contributed by atoms with van der Waals surface area (Å²) in [5.74, 6) is 1.35. The minimum atomic E-state index is 0.0787. The van der Waals surface area contributed by atoms with Crippen LogP contribution in [0.3, 0.4) is 0 Å². The molecule has 1 aliphatic carbocycles. The minimum Gasteiger partial charge on any atom is -0.374 e. The van der Waals surface area contributed by atoms with Crippen molar-refractivity contribution in [2.75, 3.05) is 6.61 Å². The molecule has 6 atom stereocenters. The Bertz CT molecular complexity index is 407. The van der Waals surface area contributed by atoms with Crippen LogP contribution in [0.4, 0.5) is 0 Å². The first-order valence-corrected chi connectivity index (χ1v) is 7.83. The van der Waals surface area contributed by atoms with Gasteiger partial charge in [0.25, 0.3) is 0 Å². The van der Waals surface area contributed by atoms with Gasteiger partial charge in [0.1, 0.15) is 0 Å². The van der Waals surface area contributed by atoms with E-state index in [0.717, 1.165) is 6.61 Å². The fraction of sp³-hybridized carbons (Fsp3) is 1.00. The third-order valence-electron chi connectivity index (χ3n) is 6.40. The van der Waals surface area contributed by atoms with Crippen molar-refractivity contribution in [3.63, 3.8) is 0 Å². The molecule has 0 N–H and O–H groups in total. The first-order chi connectivity index (χ1) is 8.83. The molecule has 0 spiro atoms. The fourth-order valence-electron chi connectivity index (χ4n) is 4.31. The SMILES string of the molecule is CC1(C)OC1CC1COC1(C)C1CCC2(C)OC2C1. The second-order valence-electron chi connectivity index (χ2n) is 8.03. The second-order valence-corrected chi connectivity index (χ2v) is 8.03. The lowest BCUT2D eigenvalue weighted by atomic mass is 9.66. The van der Waals surface area contributed by atoms with Crippen LogP contribution in [0.15, 0.2) is 0 Å². The molecule has 6 unspecified atom stereocenters. The monoisotopic (exact) mass is 266 g/mol. The van der Waals surface area contributed by atoms with E-state index in [2.05, 4.69) is 27.7 Å². The van der Waals surface area contributed by atoms with Crippen molar-refractivity contribution in [2.45, 2.75) is 82.4 Å². The molecular formula is C16H26O3. The van der Waals surface area contributed by atoms with Gasteiger partial charge in [-0.15, -0.1) is 0 Å². The summed E-state index contributed by atoms with van der Waals surface area (Å²) in [4.78, 5) is 0. The summed E-state index contributed by atoms with van der Waals surface area (Å²) in [5.41, 5.74) is 0.407. The van der Waals surface area contributed by atoms with Gasteiger partial charge in [0.2, 0.25) is 0 Å². The van der Waals surface area contributed by atoms with Crippen LogP contribution in [0.5, 0.6) is 0 Å². The lowest BCUT2D eigenvalue weighted by molar-refractivity contribution is -0.230. The Morgan fingerprint density at radius 1 is 1.11 bits per heavy atom. The molecule has 3 aliphatic heterocycles. The highest BCUT2D eigenvalue weighted by Gasteiger charge is 2.62. The molecule has 1 saturated carbocycles. The topological polar surface area (TPSA) is 34.3 Å². The minimum absolute atomic E-state index is 0.0787. The third kappa shape index (κ3) is 1.81. The molecule has 3 saturated heterocycles. The van der Waals surface area contributed by atoms with E-state index in [1.54, 1.807) is 0 Å². The molecular weight excluding hydrogens is 240 g/mol. The van der Waals surface area contributed by atoms with Gasteiger partial charge in [-0.25, -0.2) is 0 Å². The molecule has 0 aromatic carbocycles. The zero-order valence-corrected chi connectivity index (χ0v) is 12.6. The predicted molar refractivity (Wildman–Crippen MR) is 72.0 cm³/mol. The van der Waals surface area contributed by atoms with Crippen LogP contribution in [-0.4, -0.2) is 35.6 Å². The molecule has 19 heavy (non-hydrogen) atoms. The smallest absolute Gasteiger partial charge is 0.0920 e. The molecule has 0 bridgehead atoms. The van der Waals surface area contributed by atoms with Gasteiger partial charge in [-0.05, 0) is 59.3 Å². The fourth-order valence-corrected chi connectivity index (χ4v) is 4.31. The van der Waals surface area contributed by atoms with Crippen LogP contribution in [0.1, 0.15) is 53.4 Å². The van der Waals surface area contributed by atoms with E-state index in [9.17, 15) is 0 Å². The van der Waals surface area contributed by atoms with E-state index in [0.29, 0.717) is 24.0 Å². The Morgan fingerprint density at radius 2 is 1.84 bits per heavy atom. The van der Waals surface area contributed by atoms with Gasteiger partial charge >= 0.3 is 0 Å². The summed E-state index contributed by atoms with van der Waals surface area (Å²) in [6.45, 7) is 9.89. The molecule has 0 amide bonds. The van der Waals surface area contributed by atoms with E-state index in [1.165, 1.54) is 25.7 Å². The summed E-state index contributed by atoms with van der Waals surface area (Å²) in [5, 5.41) is 0. The molecule has 3 heterocycles. The molecule has 3 heteroatoms. The van der Waals surface area contributed by atoms with Crippen molar-refractivity contribution < 1.29 is 14.2 Å². The maximum atomic E-state index is 6.06. The molecule has 4 fully saturated rings. The van der Waals surface area contributed by atoms with Crippen LogP contribution in [0.2, 0.25) is 0 Å². The van der Waals surface area contributed by atoms with Gasteiger partial charge in [0.05, 0.1) is 35.6 Å². The maximum absolute atomic E-state index is 6.06. The van der Waals surface area contributed by atoms with E-state index in [4.69, 9.17) is 14.2 Å². The summed E-state index contributed by atoms with van der Waals surface area (Å²) < 4.78 is 17.7. The highest BCUT2D eigenvalue weighted by Crippen LogP contribution is 2.56. The van der Waals surface area contributed by atoms with Crippen LogP contribution in [0.25, 0.3) is 0 Å². The van der Waals surface area contributed by atoms with Crippen molar-refractivity contribution in [3.8, 4) is 0 Å². The molecule has 4 aliphatic rings. The molecule has 108 valence electrons. The van der Waals surface area contributed by atoms with Crippen molar-refractivity contribution >= 4 is 0 Å². The molecule has 0 radical (unpaired) electrons. The van der Waals surface area contributed by atoms with E-state index >= 15 is 0 Å². The van der Waals surface area contributed by atoms with E-state index in [-0.39, 0.29) is 16.8 Å². The van der Waals surface area contributed by atoms with Crippen LogP contribution in [0, 0.1) is 11.8 Å². The number of hydrogen-bond donors (Lipinski definition) is 0. The third-order valence-corrected chi connectivity index (χ3v) is 6.40. The summed E-state index contributed by atoms with van der Waals surface area (Å²) in [6, 6.07) is 0. The van der Waals surface area contributed by atoms with E-state index in [1.807, 2.05) is 0 Å². The zero-order valence-electron chi connectivity index (χ0n) is 12.6. The highest BCUT2D eigenvalue weighted by molar-refractivity contribution is 5.10. The predicted octanol–water partition coefficient (Wildman–Crippen LogP) is 2.92. The second kappa shape index (κ2) is 3.55. The quantitative estimate of drug-likeness (QED) is 0.737. The summed E-state index contributed by atoms with van der Waals surface area (Å²) >= 11 is 0. The molecule has 4 rings (SSSR count). The number of rotatable bonds is 3. The Labute approximate surface area is 116 Å². The van der Waals surface area contributed by atoms with Crippen molar-refractivity contribution in [3.05, 3.63) is 0 Å². The van der Waals surface area contributed by atoms with Crippen LogP contribution >= 0.6 is 0 Å². The van der Waals surface area contributed by atoms with Crippen molar-refractivity contribution in [2.24, 2.45) is 11.8 Å². The molecule has 3 nitrogen and oxygen atoms in total. The first-order valence-electron chi connectivity index (χ1n) is 7.83. The highest BCUT2D eigenvalue weighted by atomic mass is 16.6. The summed E-state index contributed by atoms with van der Waals surface area (Å²) in [7, 11) is 0.